The van der Waals surface area contributed by atoms with Crippen LogP contribution in [0.2, 0.25) is 0 Å². The maximum absolute atomic E-state index is 11.1. The van der Waals surface area contributed by atoms with Crippen molar-refractivity contribution in [2.75, 3.05) is 0 Å². The molecule has 2 aromatic heterocycles. The summed E-state index contributed by atoms with van der Waals surface area (Å²) in [7, 11) is 0. The van der Waals surface area contributed by atoms with Gasteiger partial charge >= 0.3 is 5.69 Å². The van der Waals surface area contributed by atoms with Gasteiger partial charge in [-0.05, 0) is 18.6 Å². The molecule has 0 amide bonds. The zero-order valence-corrected chi connectivity index (χ0v) is 7.06. The summed E-state index contributed by atoms with van der Waals surface area (Å²) >= 11 is 0. The number of nitrogens with zero attached hydrogens (tertiary/aromatic N) is 3. The van der Waals surface area contributed by atoms with Gasteiger partial charge < -0.3 is 0 Å². The van der Waals surface area contributed by atoms with E-state index >= 15 is 0 Å². The van der Waals surface area contributed by atoms with Crippen LogP contribution in [0.15, 0.2) is 29.5 Å². The van der Waals surface area contributed by atoms with E-state index in [1.165, 1.54) is 10.9 Å². The van der Waals surface area contributed by atoms with E-state index in [-0.39, 0.29) is 5.69 Å². The van der Waals surface area contributed by atoms with Crippen LogP contribution in [0.4, 0.5) is 0 Å². The lowest BCUT2D eigenvalue weighted by Crippen LogP contribution is -2.15. The van der Waals surface area contributed by atoms with Crippen molar-refractivity contribution in [3.63, 3.8) is 0 Å². The van der Waals surface area contributed by atoms with Crippen LogP contribution in [-0.4, -0.2) is 19.7 Å². The fraction of sp³-hybridized carbons (Fsp3) is 0.125. The number of aryl methyl sites for hydroxylation is 1. The molecule has 5 nitrogen and oxygen atoms in total. The lowest BCUT2D eigenvalue weighted by atomic mass is 10.3. The van der Waals surface area contributed by atoms with Gasteiger partial charge in [-0.15, -0.1) is 0 Å². The third kappa shape index (κ3) is 1.35. The Morgan fingerprint density at radius 2 is 2.31 bits per heavy atom. The predicted molar refractivity (Wildman–Crippen MR) is 46.7 cm³/mol. The Hall–Kier alpha value is -1.91. The number of aromatic nitrogens is 4. The highest BCUT2D eigenvalue weighted by molar-refractivity contribution is 5.23. The summed E-state index contributed by atoms with van der Waals surface area (Å²) in [5.74, 6) is 0.573. The molecule has 0 fully saturated rings. The highest BCUT2D eigenvalue weighted by Crippen LogP contribution is 2.00. The van der Waals surface area contributed by atoms with Crippen molar-refractivity contribution in [2.24, 2.45) is 0 Å². The van der Waals surface area contributed by atoms with Gasteiger partial charge in [0.15, 0.2) is 0 Å². The van der Waals surface area contributed by atoms with Gasteiger partial charge in [-0.1, -0.05) is 6.07 Å². The first-order chi connectivity index (χ1) is 6.27. The monoisotopic (exact) mass is 176 g/mol. The summed E-state index contributed by atoms with van der Waals surface area (Å²) in [5.41, 5.74) is 0.775. The van der Waals surface area contributed by atoms with Crippen LogP contribution in [0.3, 0.4) is 0 Å². The van der Waals surface area contributed by atoms with E-state index in [0.717, 1.165) is 5.56 Å². The van der Waals surface area contributed by atoms with Crippen LogP contribution in [0.5, 0.6) is 0 Å². The molecule has 0 aliphatic rings. The summed E-state index contributed by atoms with van der Waals surface area (Å²) in [6.45, 7) is 1.94. The number of aromatic amines is 1. The van der Waals surface area contributed by atoms with Gasteiger partial charge in [0.1, 0.15) is 12.1 Å². The molecule has 0 unspecified atom stereocenters. The quantitative estimate of drug-likeness (QED) is 0.678. The second kappa shape index (κ2) is 2.85. The first-order valence-corrected chi connectivity index (χ1v) is 3.82. The predicted octanol–water partition coefficient (Wildman–Crippen LogP) is 0.264. The molecule has 5 heteroatoms. The van der Waals surface area contributed by atoms with Gasteiger partial charge in [0.25, 0.3) is 0 Å². The summed E-state index contributed by atoms with van der Waals surface area (Å²) in [6.07, 6.45) is 3.11. The van der Waals surface area contributed by atoms with Crippen molar-refractivity contribution in [3.05, 3.63) is 40.7 Å². The van der Waals surface area contributed by atoms with Crippen LogP contribution in [-0.2, 0) is 0 Å². The molecule has 2 aromatic rings. The van der Waals surface area contributed by atoms with Gasteiger partial charge in [-0.3, -0.25) is 0 Å². The molecule has 0 atom stereocenters. The maximum Gasteiger partial charge on any atom is 0.348 e. The summed E-state index contributed by atoms with van der Waals surface area (Å²) < 4.78 is 1.35. The number of pyridine rings is 1. The fourth-order valence-corrected chi connectivity index (χ4v) is 1.01. The maximum atomic E-state index is 11.1. The van der Waals surface area contributed by atoms with Crippen LogP contribution in [0.1, 0.15) is 5.56 Å². The average molecular weight is 176 g/mol. The second-order valence-corrected chi connectivity index (χ2v) is 2.73. The van der Waals surface area contributed by atoms with E-state index < -0.39 is 0 Å². The molecule has 0 saturated carbocycles. The molecule has 2 rings (SSSR count). The van der Waals surface area contributed by atoms with Crippen LogP contribution >= 0.6 is 0 Å². The van der Waals surface area contributed by atoms with Gasteiger partial charge in [0.2, 0.25) is 0 Å². The lowest BCUT2D eigenvalue weighted by molar-refractivity contribution is 0.937. The molecule has 0 bridgehead atoms. The Bertz CT molecular complexity index is 453. The number of hydrogen-bond acceptors (Lipinski definition) is 3. The molecular formula is C8H8N4O. The molecule has 0 aliphatic carbocycles. The molecule has 0 radical (unpaired) electrons. The fourth-order valence-electron chi connectivity index (χ4n) is 1.01. The zero-order valence-electron chi connectivity index (χ0n) is 7.06. The minimum atomic E-state index is -0.281. The zero-order chi connectivity index (χ0) is 9.26. The number of rotatable bonds is 1. The number of H-pyrrole nitrogens is 1. The van der Waals surface area contributed by atoms with E-state index in [4.69, 9.17) is 0 Å². The van der Waals surface area contributed by atoms with Gasteiger partial charge in [0.05, 0.1) is 0 Å². The Kier molecular flexibility index (Phi) is 1.70. The number of hydrogen-bond donors (Lipinski definition) is 1. The molecule has 13 heavy (non-hydrogen) atoms. The van der Waals surface area contributed by atoms with Crippen LogP contribution < -0.4 is 5.69 Å². The largest absolute Gasteiger partial charge is 0.348 e. The Morgan fingerprint density at radius 3 is 2.85 bits per heavy atom. The molecule has 0 saturated heterocycles. The topological polar surface area (TPSA) is 63.6 Å². The van der Waals surface area contributed by atoms with Gasteiger partial charge in [0, 0.05) is 6.20 Å². The minimum absolute atomic E-state index is 0.281. The third-order valence-electron chi connectivity index (χ3n) is 1.69. The SMILES string of the molecule is Cc1ccc(-n2cn[nH]c2=O)nc1. The molecular weight excluding hydrogens is 168 g/mol. The molecule has 1 N–H and O–H groups in total. The normalized spacial score (nSPS) is 10.2. The number of nitrogens with one attached hydrogen (secondary N) is 1. The molecule has 66 valence electrons. The van der Waals surface area contributed by atoms with E-state index in [2.05, 4.69) is 15.2 Å². The Labute approximate surface area is 74.1 Å². The van der Waals surface area contributed by atoms with E-state index in [0.29, 0.717) is 5.82 Å². The standard InChI is InChI=1S/C8H8N4O/c1-6-2-3-7(9-4-6)12-5-10-11-8(12)13/h2-5H,1H3,(H,11,13). The van der Waals surface area contributed by atoms with Gasteiger partial charge in [-0.25, -0.2) is 19.4 Å². The first kappa shape index (κ1) is 7.72. The highest BCUT2D eigenvalue weighted by Gasteiger charge is 2.00. The summed E-state index contributed by atoms with van der Waals surface area (Å²) in [4.78, 5) is 15.2. The Balaban J connectivity index is 2.54. The van der Waals surface area contributed by atoms with Crippen molar-refractivity contribution in [2.45, 2.75) is 6.92 Å². The molecule has 0 spiro atoms. The van der Waals surface area contributed by atoms with Crippen molar-refractivity contribution in [1.82, 2.24) is 19.7 Å². The van der Waals surface area contributed by atoms with Gasteiger partial charge in [-0.2, -0.15) is 5.10 Å². The minimum Gasteiger partial charge on any atom is -0.246 e. The van der Waals surface area contributed by atoms with Crippen LogP contribution in [0.25, 0.3) is 5.82 Å². The Morgan fingerprint density at radius 1 is 1.46 bits per heavy atom. The van der Waals surface area contributed by atoms with E-state index in [1.807, 2.05) is 13.0 Å². The van der Waals surface area contributed by atoms with Crippen molar-refractivity contribution >= 4 is 0 Å². The molecule has 0 aromatic carbocycles. The van der Waals surface area contributed by atoms with Crippen molar-refractivity contribution in [3.8, 4) is 5.82 Å². The van der Waals surface area contributed by atoms with Crippen molar-refractivity contribution < 1.29 is 0 Å². The second-order valence-electron chi connectivity index (χ2n) is 2.73. The van der Waals surface area contributed by atoms with Crippen LogP contribution in [0, 0.1) is 6.92 Å². The first-order valence-electron chi connectivity index (χ1n) is 3.82. The van der Waals surface area contributed by atoms with Crippen molar-refractivity contribution in [1.29, 1.82) is 0 Å². The van der Waals surface area contributed by atoms with E-state index in [1.54, 1.807) is 12.3 Å². The summed E-state index contributed by atoms with van der Waals surface area (Å²) in [5, 5.41) is 5.91. The average Bonchev–Trinajstić information content (AvgIpc) is 2.53. The highest BCUT2D eigenvalue weighted by atomic mass is 16.1. The smallest absolute Gasteiger partial charge is 0.246 e. The molecule has 2 heterocycles. The lowest BCUT2D eigenvalue weighted by Gasteiger charge is -1.97. The summed E-state index contributed by atoms with van der Waals surface area (Å²) in [6, 6.07) is 3.66. The van der Waals surface area contributed by atoms with E-state index in [9.17, 15) is 4.79 Å². The third-order valence-corrected chi connectivity index (χ3v) is 1.69. The molecule has 0 aliphatic heterocycles.